The number of likely N-dealkylation sites (tertiary alicyclic amines) is 1. The number of aryl methyl sites for hydroxylation is 1. The lowest BCUT2D eigenvalue weighted by Gasteiger charge is -2.34. The standard InChI is InChI=1S/C21H28N4O2/c1-17-7-5-9-21(27)25(17)14-10-20(26)23-16-19(18-8-6-11-22-15-18)24-12-3-2-4-13-24/h5-9,11,15,19H,2-4,10,12-14,16H2,1H3,(H,23,26)/t19-/m1/s1. The van der Waals surface area contributed by atoms with Crippen molar-refractivity contribution in [1.29, 1.82) is 0 Å². The molecule has 0 unspecified atom stereocenters. The van der Waals surface area contributed by atoms with E-state index in [9.17, 15) is 9.59 Å². The first-order valence-electron chi connectivity index (χ1n) is 9.72. The first-order valence-corrected chi connectivity index (χ1v) is 9.72. The predicted molar refractivity (Wildman–Crippen MR) is 105 cm³/mol. The summed E-state index contributed by atoms with van der Waals surface area (Å²) >= 11 is 0. The zero-order chi connectivity index (χ0) is 19.1. The van der Waals surface area contributed by atoms with Gasteiger partial charge in [0, 0.05) is 43.7 Å². The van der Waals surface area contributed by atoms with Gasteiger partial charge in [-0.3, -0.25) is 19.5 Å². The molecule has 0 aliphatic carbocycles. The molecule has 27 heavy (non-hydrogen) atoms. The molecule has 0 saturated carbocycles. The summed E-state index contributed by atoms with van der Waals surface area (Å²) in [5.41, 5.74) is 1.94. The molecule has 2 aromatic rings. The Morgan fingerprint density at radius 1 is 1.19 bits per heavy atom. The molecular formula is C21H28N4O2. The number of nitrogens with one attached hydrogen (secondary N) is 1. The quantitative estimate of drug-likeness (QED) is 0.814. The number of hydrogen-bond acceptors (Lipinski definition) is 4. The number of piperidine rings is 1. The lowest BCUT2D eigenvalue weighted by Crippen LogP contribution is -2.41. The predicted octanol–water partition coefficient (Wildman–Crippen LogP) is 2.29. The van der Waals surface area contributed by atoms with Gasteiger partial charge >= 0.3 is 0 Å². The van der Waals surface area contributed by atoms with Crippen LogP contribution in [0.2, 0.25) is 0 Å². The Kier molecular flexibility index (Phi) is 6.76. The highest BCUT2D eigenvalue weighted by Crippen LogP contribution is 2.23. The van der Waals surface area contributed by atoms with Crippen LogP contribution >= 0.6 is 0 Å². The maximum absolute atomic E-state index is 12.4. The molecule has 2 aromatic heterocycles. The fraction of sp³-hybridized carbons (Fsp3) is 0.476. The summed E-state index contributed by atoms with van der Waals surface area (Å²) in [6.07, 6.45) is 7.62. The largest absolute Gasteiger partial charge is 0.354 e. The zero-order valence-electron chi connectivity index (χ0n) is 15.9. The van der Waals surface area contributed by atoms with Gasteiger partial charge in [-0.25, -0.2) is 0 Å². The minimum absolute atomic E-state index is 0.0314. The molecule has 3 rings (SSSR count). The normalized spacial score (nSPS) is 16.0. The third-order valence-electron chi connectivity index (χ3n) is 5.22. The number of rotatable bonds is 7. The van der Waals surface area contributed by atoms with E-state index in [4.69, 9.17) is 0 Å². The van der Waals surface area contributed by atoms with Gasteiger partial charge in [0.15, 0.2) is 0 Å². The molecule has 1 saturated heterocycles. The Labute approximate surface area is 160 Å². The molecule has 1 aliphatic heterocycles. The fourth-order valence-electron chi connectivity index (χ4n) is 3.68. The molecule has 144 valence electrons. The minimum Gasteiger partial charge on any atom is -0.354 e. The van der Waals surface area contributed by atoms with Gasteiger partial charge in [0.05, 0.1) is 6.04 Å². The van der Waals surface area contributed by atoms with Crippen molar-refractivity contribution in [1.82, 2.24) is 19.8 Å². The lowest BCUT2D eigenvalue weighted by atomic mass is 10.0. The van der Waals surface area contributed by atoms with Crippen molar-refractivity contribution in [2.75, 3.05) is 19.6 Å². The lowest BCUT2D eigenvalue weighted by molar-refractivity contribution is -0.121. The number of nitrogens with zero attached hydrogens (tertiary/aromatic N) is 3. The third kappa shape index (κ3) is 5.26. The Morgan fingerprint density at radius 3 is 2.70 bits per heavy atom. The van der Waals surface area contributed by atoms with Crippen molar-refractivity contribution in [3.8, 4) is 0 Å². The maximum Gasteiger partial charge on any atom is 0.250 e. The van der Waals surface area contributed by atoms with E-state index in [1.807, 2.05) is 25.3 Å². The first-order chi connectivity index (χ1) is 13.1. The molecule has 0 aromatic carbocycles. The van der Waals surface area contributed by atoms with Crippen LogP contribution in [-0.4, -0.2) is 40.0 Å². The van der Waals surface area contributed by atoms with Crippen molar-refractivity contribution < 1.29 is 4.79 Å². The monoisotopic (exact) mass is 368 g/mol. The summed E-state index contributed by atoms with van der Waals surface area (Å²) in [6, 6.07) is 9.31. The third-order valence-corrected chi connectivity index (χ3v) is 5.22. The van der Waals surface area contributed by atoms with Crippen molar-refractivity contribution in [3.63, 3.8) is 0 Å². The van der Waals surface area contributed by atoms with E-state index in [1.165, 1.54) is 25.3 Å². The Bertz CT molecular complexity index is 797. The van der Waals surface area contributed by atoms with E-state index in [1.54, 1.807) is 16.8 Å². The average molecular weight is 368 g/mol. The van der Waals surface area contributed by atoms with Gasteiger partial charge in [0.2, 0.25) is 5.91 Å². The van der Waals surface area contributed by atoms with Gasteiger partial charge in [-0.05, 0) is 50.6 Å². The van der Waals surface area contributed by atoms with Crippen molar-refractivity contribution in [2.45, 2.75) is 45.2 Å². The van der Waals surface area contributed by atoms with Crippen LogP contribution in [0.5, 0.6) is 0 Å². The van der Waals surface area contributed by atoms with E-state index >= 15 is 0 Å². The van der Waals surface area contributed by atoms with Crippen LogP contribution in [-0.2, 0) is 11.3 Å². The van der Waals surface area contributed by atoms with E-state index in [0.717, 1.165) is 24.3 Å². The maximum atomic E-state index is 12.4. The van der Waals surface area contributed by atoms with Crippen molar-refractivity contribution in [2.24, 2.45) is 0 Å². The number of carbonyl (C=O) groups is 1. The van der Waals surface area contributed by atoms with Crippen LogP contribution in [0.1, 0.15) is 43.0 Å². The van der Waals surface area contributed by atoms with Crippen molar-refractivity contribution in [3.05, 3.63) is 64.3 Å². The summed E-state index contributed by atoms with van der Waals surface area (Å²) in [5.74, 6) is -0.0314. The molecule has 0 radical (unpaired) electrons. The molecule has 0 bridgehead atoms. The molecular weight excluding hydrogens is 340 g/mol. The zero-order valence-corrected chi connectivity index (χ0v) is 15.9. The van der Waals surface area contributed by atoms with Gasteiger partial charge in [-0.15, -0.1) is 0 Å². The molecule has 1 fully saturated rings. The fourth-order valence-corrected chi connectivity index (χ4v) is 3.68. The van der Waals surface area contributed by atoms with Gasteiger partial charge in [0.25, 0.3) is 5.56 Å². The first kappa shape index (κ1) is 19.3. The number of pyridine rings is 2. The molecule has 0 spiro atoms. The second kappa shape index (κ2) is 9.46. The molecule has 6 heteroatoms. The number of carbonyl (C=O) groups excluding carboxylic acids is 1. The van der Waals surface area contributed by atoms with E-state index in [0.29, 0.717) is 19.5 Å². The van der Waals surface area contributed by atoms with Crippen LogP contribution in [0.3, 0.4) is 0 Å². The van der Waals surface area contributed by atoms with Gasteiger partial charge < -0.3 is 9.88 Å². The average Bonchev–Trinajstić information content (AvgIpc) is 2.69. The second-order valence-electron chi connectivity index (χ2n) is 7.11. The summed E-state index contributed by atoms with van der Waals surface area (Å²) < 4.78 is 1.64. The number of hydrogen-bond donors (Lipinski definition) is 1. The van der Waals surface area contributed by atoms with Crippen molar-refractivity contribution >= 4 is 5.91 Å². The Morgan fingerprint density at radius 2 is 2.00 bits per heavy atom. The summed E-state index contributed by atoms with van der Waals surface area (Å²) in [6.45, 7) is 4.95. The van der Waals surface area contributed by atoms with Crippen LogP contribution in [0, 0.1) is 6.92 Å². The smallest absolute Gasteiger partial charge is 0.250 e. The molecule has 1 aliphatic rings. The SMILES string of the molecule is Cc1cccc(=O)n1CCC(=O)NC[C@H](c1cccnc1)N1CCCCC1. The molecule has 6 nitrogen and oxygen atoms in total. The highest BCUT2D eigenvalue weighted by Gasteiger charge is 2.23. The van der Waals surface area contributed by atoms with Gasteiger partial charge in [0.1, 0.15) is 0 Å². The summed E-state index contributed by atoms with van der Waals surface area (Å²) in [7, 11) is 0. The molecule has 1 atom stereocenters. The molecule has 1 amide bonds. The van der Waals surface area contributed by atoms with Gasteiger partial charge in [-0.1, -0.05) is 18.6 Å². The van der Waals surface area contributed by atoms with E-state index in [-0.39, 0.29) is 17.5 Å². The van der Waals surface area contributed by atoms with Crippen LogP contribution in [0.15, 0.2) is 47.5 Å². The van der Waals surface area contributed by atoms with Crippen LogP contribution in [0.25, 0.3) is 0 Å². The topological polar surface area (TPSA) is 67.2 Å². The highest BCUT2D eigenvalue weighted by atomic mass is 16.1. The highest BCUT2D eigenvalue weighted by molar-refractivity contribution is 5.75. The number of aromatic nitrogens is 2. The summed E-state index contributed by atoms with van der Waals surface area (Å²) in [4.78, 5) is 31.0. The van der Waals surface area contributed by atoms with E-state index < -0.39 is 0 Å². The Balaban J connectivity index is 1.59. The second-order valence-corrected chi connectivity index (χ2v) is 7.11. The van der Waals surface area contributed by atoms with Gasteiger partial charge in [-0.2, -0.15) is 0 Å². The Hall–Kier alpha value is -2.47. The van der Waals surface area contributed by atoms with E-state index in [2.05, 4.69) is 21.3 Å². The molecule has 1 N–H and O–H groups in total. The number of amides is 1. The minimum atomic E-state index is -0.0654. The summed E-state index contributed by atoms with van der Waals surface area (Å²) in [5, 5.41) is 3.06. The molecule has 3 heterocycles. The van der Waals surface area contributed by atoms with Crippen LogP contribution in [0.4, 0.5) is 0 Å². The van der Waals surface area contributed by atoms with Crippen LogP contribution < -0.4 is 10.9 Å².